The number of aromatic nitrogens is 3. The van der Waals surface area contributed by atoms with Gasteiger partial charge < -0.3 is 24.2 Å². The maximum Gasteiger partial charge on any atom is 0.410 e. The first-order valence-electron chi connectivity index (χ1n) is 15.1. The van der Waals surface area contributed by atoms with E-state index in [4.69, 9.17) is 9.47 Å². The standard InChI is InChI=1S/C31H45FN6O5/c1-20(2)17-37(29(40)26-27(21(3)4)38(34-33-26)25-11-9-8-10-24(25)32)23-16-22(28(39)35-12-14-42-15-13-35)18-36(19-23)30(41)43-31(5,6)7/h8-11,20-23H,12-19H2,1-7H3/t22-,23+/m1/s1. The summed E-state index contributed by atoms with van der Waals surface area (Å²) in [6.45, 7) is 15.9. The summed E-state index contributed by atoms with van der Waals surface area (Å²) in [5, 5.41) is 8.47. The summed E-state index contributed by atoms with van der Waals surface area (Å²) in [7, 11) is 0. The number of morpholine rings is 1. The highest BCUT2D eigenvalue weighted by Gasteiger charge is 2.42. The van der Waals surface area contributed by atoms with Crippen molar-refractivity contribution in [2.45, 2.75) is 72.4 Å². The third-order valence-corrected chi connectivity index (χ3v) is 7.55. The molecular formula is C31H45FN6O5. The minimum absolute atomic E-state index is 0.0631. The molecule has 0 unspecified atom stereocenters. The molecule has 1 aromatic heterocycles. The number of carbonyl (C=O) groups is 3. The average Bonchev–Trinajstić information content (AvgIpc) is 3.40. The fourth-order valence-corrected chi connectivity index (χ4v) is 5.68. The highest BCUT2D eigenvalue weighted by molar-refractivity contribution is 5.94. The van der Waals surface area contributed by atoms with E-state index in [0.29, 0.717) is 45.0 Å². The van der Waals surface area contributed by atoms with Crippen molar-refractivity contribution in [3.05, 3.63) is 41.5 Å². The highest BCUT2D eigenvalue weighted by atomic mass is 19.1. The fraction of sp³-hybridized carbons (Fsp3) is 0.645. The van der Waals surface area contributed by atoms with Crippen molar-refractivity contribution in [2.24, 2.45) is 11.8 Å². The fourth-order valence-electron chi connectivity index (χ4n) is 5.68. The van der Waals surface area contributed by atoms with E-state index in [1.54, 1.807) is 53.7 Å². The van der Waals surface area contributed by atoms with E-state index in [1.165, 1.54) is 10.7 Å². The molecule has 0 radical (unpaired) electrons. The van der Waals surface area contributed by atoms with Gasteiger partial charge in [-0.05, 0) is 51.2 Å². The number of halogens is 1. The van der Waals surface area contributed by atoms with Crippen molar-refractivity contribution in [2.75, 3.05) is 45.9 Å². The molecule has 2 saturated heterocycles. The van der Waals surface area contributed by atoms with Gasteiger partial charge in [-0.1, -0.05) is 45.0 Å². The number of ether oxygens (including phenoxy) is 2. The molecular weight excluding hydrogens is 555 g/mol. The molecule has 4 rings (SSSR count). The van der Waals surface area contributed by atoms with Crippen LogP contribution in [0.4, 0.5) is 9.18 Å². The van der Waals surface area contributed by atoms with Crippen LogP contribution in [-0.4, -0.2) is 105 Å². The topological polar surface area (TPSA) is 110 Å². The van der Waals surface area contributed by atoms with Crippen LogP contribution in [0.5, 0.6) is 0 Å². The minimum atomic E-state index is -0.724. The Balaban J connectivity index is 1.71. The van der Waals surface area contributed by atoms with Gasteiger partial charge in [0.05, 0.1) is 30.9 Å². The summed E-state index contributed by atoms with van der Waals surface area (Å²) < 4.78 is 27.3. The molecule has 2 fully saturated rings. The third-order valence-electron chi connectivity index (χ3n) is 7.55. The molecule has 0 N–H and O–H groups in total. The number of nitrogens with zero attached hydrogens (tertiary/aromatic N) is 6. The molecule has 12 heteroatoms. The predicted molar refractivity (Wildman–Crippen MR) is 158 cm³/mol. The lowest BCUT2D eigenvalue weighted by molar-refractivity contribution is -0.142. The normalized spacial score (nSPS) is 19.6. The van der Waals surface area contributed by atoms with E-state index < -0.39 is 29.5 Å². The summed E-state index contributed by atoms with van der Waals surface area (Å²) in [4.78, 5) is 46.4. The number of carbonyl (C=O) groups excluding carboxylic acids is 3. The van der Waals surface area contributed by atoms with Gasteiger partial charge in [0.25, 0.3) is 5.91 Å². The van der Waals surface area contributed by atoms with Crippen LogP contribution < -0.4 is 0 Å². The number of hydrogen-bond acceptors (Lipinski definition) is 7. The van der Waals surface area contributed by atoms with Gasteiger partial charge in [-0.2, -0.15) is 0 Å². The Morgan fingerprint density at radius 2 is 1.74 bits per heavy atom. The summed E-state index contributed by atoms with van der Waals surface area (Å²) in [6.07, 6.45) is -0.144. The zero-order valence-corrected chi connectivity index (χ0v) is 26.4. The predicted octanol–water partition coefficient (Wildman–Crippen LogP) is 4.11. The number of hydrogen-bond donors (Lipinski definition) is 0. The van der Waals surface area contributed by atoms with Crippen LogP contribution in [0, 0.1) is 17.7 Å². The molecule has 2 aliphatic rings. The Morgan fingerprint density at radius 3 is 2.35 bits per heavy atom. The van der Waals surface area contributed by atoms with Crippen LogP contribution in [0.25, 0.3) is 5.69 Å². The van der Waals surface area contributed by atoms with Crippen LogP contribution in [0.15, 0.2) is 24.3 Å². The first kappa shape index (κ1) is 32.4. The van der Waals surface area contributed by atoms with Gasteiger partial charge >= 0.3 is 6.09 Å². The Kier molecular flexibility index (Phi) is 10.1. The van der Waals surface area contributed by atoms with Gasteiger partial charge in [-0.15, -0.1) is 5.10 Å². The van der Waals surface area contributed by atoms with Crippen molar-refractivity contribution < 1.29 is 28.2 Å². The number of benzene rings is 1. The van der Waals surface area contributed by atoms with Gasteiger partial charge in [0.15, 0.2) is 5.69 Å². The first-order valence-corrected chi connectivity index (χ1v) is 15.1. The van der Waals surface area contributed by atoms with E-state index in [0.717, 1.165) is 0 Å². The number of para-hydroxylation sites is 1. The maximum atomic E-state index is 14.8. The van der Waals surface area contributed by atoms with Crippen LogP contribution in [0.2, 0.25) is 0 Å². The largest absolute Gasteiger partial charge is 0.444 e. The Bertz CT molecular complexity index is 1300. The molecule has 0 spiro atoms. The lowest BCUT2D eigenvalue weighted by atomic mass is 9.91. The SMILES string of the molecule is CC(C)CN(C(=O)c1nnn(-c2ccccc2F)c1C(C)C)[C@H]1C[C@@H](C(=O)N2CCOCC2)CN(C(=O)OC(C)(C)C)C1. The number of rotatable bonds is 7. The van der Waals surface area contributed by atoms with Crippen molar-refractivity contribution in [1.82, 2.24) is 29.7 Å². The van der Waals surface area contributed by atoms with E-state index in [1.807, 2.05) is 27.7 Å². The van der Waals surface area contributed by atoms with E-state index in [2.05, 4.69) is 10.3 Å². The molecule has 2 aliphatic heterocycles. The number of piperidine rings is 1. The Labute approximate surface area is 253 Å². The molecule has 236 valence electrons. The van der Waals surface area contributed by atoms with Gasteiger partial charge in [0, 0.05) is 32.7 Å². The summed E-state index contributed by atoms with van der Waals surface area (Å²) in [5.41, 5.74) is 0.102. The molecule has 2 aromatic rings. The quantitative estimate of drug-likeness (QED) is 0.470. The second-order valence-corrected chi connectivity index (χ2v) is 13.1. The third kappa shape index (κ3) is 7.70. The lowest BCUT2D eigenvalue weighted by Crippen LogP contribution is -2.58. The summed E-state index contributed by atoms with van der Waals surface area (Å²) >= 11 is 0. The van der Waals surface area contributed by atoms with E-state index in [-0.39, 0.29) is 48.1 Å². The Morgan fingerprint density at radius 1 is 1.07 bits per heavy atom. The molecule has 1 aromatic carbocycles. The van der Waals surface area contributed by atoms with Crippen LogP contribution in [0.3, 0.4) is 0 Å². The zero-order chi connectivity index (χ0) is 31.5. The van der Waals surface area contributed by atoms with E-state index >= 15 is 0 Å². The zero-order valence-electron chi connectivity index (χ0n) is 26.4. The lowest BCUT2D eigenvalue weighted by Gasteiger charge is -2.44. The smallest absolute Gasteiger partial charge is 0.410 e. The highest BCUT2D eigenvalue weighted by Crippen LogP contribution is 2.29. The summed E-state index contributed by atoms with van der Waals surface area (Å²) in [6, 6.07) is 5.75. The molecule has 3 amide bonds. The maximum absolute atomic E-state index is 14.8. The minimum Gasteiger partial charge on any atom is -0.444 e. The second-order valence-electron chi connectivity index (χ2n) is 13.1. The van der Waals surface area contributed by atoms with Crippen molar-refractivity contribution in [3.8, 4) is 5.69 Å². The molecule has 3 heterocycles. The van der Waals surface area contributed by atoms with Crippen LogP contribution >= 0.6 is 0 Å². The molecule has 2 atom stereocenters. The number of likely N-dealkylation sites (tertiary alicyclic amines) is 1. The average molecular weight is 601 g/mol. The van der Waals surface area contributed by atoms with Gasteiger partial charge in [-0.25, -0.2) is 13.9 Å². The van der Waals surface area contributed by atoms with Crippen LogP contribution in [0.1, 0.15) is 77.0 Å². The van der Waals surface area contributed by atoms with Gasteiger partial charge in [-0.3, -0.25) is 9.59 Å². The summed E-state index contributed by atoms with van der Waals surface area (Å²) in [5.74, 6) is -1.55. The van der Waals surface area contributed by atoms with Crippen molar-refractivity contribution >= 4 is 17.9 Å². The van der Waals surface area contributed by atoms with Gasteiger partial charge in [0.1, 0.15) is 17.1 Å². The van der Waals surface area contributed by atoms with Gasteiger partial charge in [0.2, 0.25) is 5.91 Å². The molecule has 11 nitrogen and oxygen atoms in total. The Hall–Kier alpha value is -3.54. The van der Waals surface area contributed by atoms with Crippen molar-refractivity contribution in [3.63, 3.8) is 0 Å². The molecule has 43 heavy (non-hydrogen) atoms. The monoisotopic (exact) mass is 600 g/mol. The van der Waals surface area contributed by atoms with E-state index in [9.17, 15) is 18.8 Å². The second kappa shape index (κ2) is 13.4. The molecule has 0 bridgehead atoms. The number of amides is 3. The van der Waals surface area contributed by atoms with Crippen LogP contribution in [-0.2, 0) is 14.3 Å². The molecule has 0 saturated carbocycles. The molecule has 0 aliphatic carbocycles. The van der Waals surface area contributed by atoms with Crippen molar-refractivity contribution in [1.29, 1.82) is 0 Å². The first-order chi connectivity index (χ1) is 20.3.